The predicted molar refractivity (Wildman–Crippen MR) is 201 cm³/mol. The number of rotatable bonds is 4. The number of nitrogens with zero attached hydrogens (tertiary/aromatic N) is 3. The highest BCUT2D eigenvalue weighted by atomic mass is 16.3. The van der Waals surface area contributed by atoms with Crippen LogP contribution in [-0.4, -0.2) is 15.0 Å². The summed E-state index contributed by atoms with van der Waals surface area (Å²) in [6.45, 7) is 0. The fourth-order valence-corrected chi connectivity index (χ4v) is 7.04. The van der Waals surface area contributed by atoms with Crippen molar-refractivity contribution in [3.8, 4) is 45.3 Å². The lowest BCUT2D eigenvalue weighted by Crippen LogP contribution is -2.00. The van der Waals surface area contributed by atoms with Crippen molar-refractivity contribution in [2.45, 2.75) is 0 Å². The largest absolute Gasteiger partial charge is 0.456 e. The van der Waals surface area contributed by atoms with E-state index in [1.165, 1.54) is 27.1 Å². The SMILES string of the molecule is c1ccc(-c2nc(-c3ccccc3)nc(-c3cccc4cc(-c5ccc6ccc7cc8oc9ccccc9c8cc7c6c5)ccc34)n2)cc1. The molecule has 2 aromatic heterocycles. The molecule has 228 valence electrons. The molecule has 0 fully saturated rings. The highest BCUT2D eigenvalue weighted by Gasteiger charge is 2.15. The highest BCUT2D eigenvalue weighted by molar-refractivity contribution is 6.17. The topological polar surface area (TPSA) is 51.8 Å². The summed E-state index contributed by atoms with van der Waals surface area (Å²) in [7, 11) is 0. The van der Waals surface area contributed by atoms with Crippen LogP contribution in [0, 0.1) is 0 Å². The molecule has 8 aromatic carbocycles. The molecule has 0 bridgehead atoms. The second kappa shape index (κ2) is 11.0. The maximum atomic E-state index is 6.19. The molecule has 0 unspecified atom stereocenters. The minimum absolute atomic E-state index is 0.654. The van der Waals surface area contributed by atoms with Crippen LogP contribution in [0.15, 0.2) is 168 Å². The van der Waals surface area contributed by atoms with Gasteiger partial charge in [-0.15, -0.1) is 0 Å². The Hall–Kier alpha value is -6.65. The van der Waals surface area contributed by atoms with Crippen LogP contribution in [0.5, 0.6) is 0 Å². The van der Waals surface area contributed by atoms with Gasteiger partial charge in [0, 0.05) is 27.5 Å². The van der Waals surface area contributed by atoms with E-state index in [9.17, 15) is 0 Å². The molecule has 4 nitrogen and oxygen atoms in total. The van der Waals surface area contributed by atoms with Gasteiger partial charge in [-0.05, 0) is 73.8 Å². The van der Waals surface area contributed by atoms with Gasteiger partial charge in [0.25, 0.3) is 0 Å². The van der Waals surface area contributed by atoms with Crippen molar-refractivity contribution in [1.29, 1.82) is 0 Å². The van der Waals surface area contributed by atoms with E-state index in [-0.39, 0.29) is 0 Å². The van der Waals surface area contributed by atoms with Crippen LogP contribution in [0.2, 0.25) is 0 Å². The summed E-state index contributed by atoms with van der Waals surface area (Å²) in [5.74, 6) is 1.96. The Labute approximate surface area is 282 Å². The van der Waals surface area contributed by atoms with Crippen molar-refractivity contribution < 1.29 is 4.42 Å². The summed E-state index contributed by atoms with van der Waals surface area (Å²) in [5, 5.41) is 9.33. The van der Waals surface area contributed by atoms with Crippen molar-refractivity contribution in [3.63, 3.8) is 0 Å². The van der Waals surface area contributed by atoms with E-state index in [1.807, 2.05) is 72.8 Å². The van der Waals surface area contributed by atoms with Gasteiger partial charge in [-0.1, -0.05) is 133 Å². The second-order valence-electron chi connectivity index (χ2n) is 12.4. The fourth-order valence-electron chi connectivity index (χ4n) is 7.04. The van der Waals surface area contributed by atoms with Crippen LogP contribution in [0.25, 0.3) is 99.5 Å². The van der Waals surface area contributed by atoms with Crippen LogP contribution < -0.4 is 0 Å². The normalized spacial score (nSPS) is 11.7. The van der Waals surface area contributed by atoms with Crippen molar-refractivity contribution in [3.05, 3.63) is 164 Å². The number of benzene rings is 8. The molecule has 0 spiro atoms. The van der Waals surface area contributed by atoms with E-state index in [4.69, 9.17) is 19.4 Å². The van der Waals surface area contributed by atoms with Crippen molar-refractivity contribution in [2.24, 2.45) is 0 Å². The van der Waals surface area contributed by atoms with Crippen molar-refractivity contribution in [2.75, 3.05) is 0 Å². The Bertz CT molecular complexity index is 2820. The quantitative estimate of drug-likeness (QED) is 0.183. The first kappa shape index (κ1) is 27.5. The molecular weight excluding hydrogens is 599 g/mol. The van der Waals surface area contributed by atoms with E-state index in [2.05, 4.69) is 91.0 Å². The zero-order valence-electron chi connectivity index (χ0n) is 26.3. The van der Waals surface area contributed by atoms with Crippen LogP contribution >= 0.6 is 0 Å². The van der Waals surface area contributed by atoms with E-state index in [0.717, 1.165) is 55.0 Å². The number of hydrogen-bond acceptors (Lipinski definition) is 4. The summed E-state index contributed by atoms with van der Waals surface area (Å²) >= 11 is 0. The van der Waals surface area contributed by atoms with E-state index in [0.29, 0.717) is 17.5 Å². The van der Waals surface area contributed by atoms with Gasteiger partial charge in [-0.3, -0.25) is 0 Å². The Morgan fingerprint density at radius 3 is 1.71 bits per heavy atom. The van der Waals surface area contributed by atoms with Gasteiger partial charge in [-0.25, -0.2) is 15.0 Å². The smallest absolute Gasteiger partial charge is 0.164 e. The summed E-state index contributed by atoms with van der Waals surface area (Å²) in [5.41, 5.74) is 7.04. The Morgan fingerprint density at radius 1 is 0.306 bits per heavy atom. The molecule has 10 rings (SSSR count). The Kier molecular flexibility index (Phi) is 6.15. The van der Waals surface area contributed by atoms with E-state index >= 15 is 0 Å². The Balaban J connectivity index is 1.11. The maximum absolute atomic E-state index is 6.19. The second-order valence-corrected chi connectivity index (χ2v) is 12.4. The van der Waals surface area contributed by atoms with Gasteiger partial charge >= 0.3 is 0 Å². The van der Waals surface area contributed by atoms with Gasteiger partial charge in [0.2, 0.25) is 0 Å². The average Bonchev–Trinajstić information content (AvgIpc) is 3.54. The lowest BCUT2D eigenvalue weighted by molar-refractivity contribution is 0.669. The van der Waals surface area contributed by atoms with E-state index < -0.39 is 0 Å². The molecule has 0 saturated heterocycles. The molecule has 0 N–H and O–H groups in total. The molecule has 0 saturated carbocycles. The molecule has 0 aliphatic heterocycles. The molecule has 0 amide bonds. The van der Waals surface area contributed by atoms with Crippen molar-refractivity contribution in [1.82, 2.24) is 15.0 Å². The van der Waals surface area contributed by atoms with Gasteiger partial charge in [0.05, 0.1) is 0 Å². The number of furan rings is 1. The number of para-hydroxylation sites is 1. The number of aromatic nitrogens is 3. The van der Waals surface area contributed by atoms with Gasteiger partial charge in [0.1, 0.15) is 11.2 Å². The molecule has 0 aliphatic rings. The maximum Gasteiger partial charge on any atom is 0.164 e. The molecule has 10 aromatic rings. The third-order valence-corrected chi connectivity index (χ3v) is 9.49. The molecule has 0 atom stereocenters. The average molecular weight is 626 g/mol. The van der Waals surface area contributed by atoms with Crippen LogP contribution in [0.1, 0.15) is 0 Å². The zero-order valence-corrected chi connectivity index (χ0v) is 26.3. The summed E-state index contributed by atoms with van der Waals surface area (Å²) < 4.78 is 6.19. The van der Waals surface area contributed by atoms with Gasteiger partial charge < -0.3 is 4.42 Å². The monoisotopic (exact) mass is 625 g/mol. The zero-order chi connectivity index (χ0) is 32.3. The minimum atomic E-state index is 0.654. The number of hydrogen-bond donors (Lipinski definition) is 0. The van der Waals surface area contributed by atoms with Gasteiger partial charge in [-0.2, -0.15) is 0 Å². The van der Waals surface area contributed by atoms with E-state index in [1.54, 1.807) is 0 Å². The van der Waals surface area contributed by atoms with Crippen LogP contribution in [0.3, 0.4) is 0 Å². The lowest BCUT2D eigenvalue weighted by atomic mass is 9.94. The Morgan fingerprint density at radius 2 is 0.918 bits per heavy atom. The summed E-state index contributed by atoms with van der Waals surface area (Å²) in [6.07, 6.45) is 0. The summed E-state index contributed by atoms with van der Waals surface area (Å²) in [6, 6.07) is 57.1. The molecule has 4 heteroatoms. The summed E-state index contributed by atoms with van der Waals surface area (Å²) in [4.78, 5) is 14.9. The molecule has 2 heterocycles. The van der Waals surface area contributed by atoms with Crippen molar-refractivity contribution >= 4 is 54.3 Å². The van der Waals surface area contributed by atoms with Gasteiger partial charge in [0.15, 0.2) is 17.5 Å². The third kappa shape index (κ3) is 4.65. The predicted octanol–water partition coefficient (Wildman–Crippen LogP) is 11.9. The third-order valence-electron chi connectivity index (χ3n) is 9.49. The molecule has 0 radical (unpaired) electrons. The van der Waals surface area contributed by atoms with Crippen LogP contribution in [-0.2, 0) is 0 Å². The van der Waals surface area contributed by atoms with Crippen LogP contribution in [0.4, 0.5) is 0 Å². The molecular formula is C45H27N3O. The number of fused-ring (bicyclic) bond motifs is 7. The molecule has 49 heavy (non-hydrogen) atoms. The fraction of sp³-hybridized carbons (Fsp3) is 0. The minimum Gasteiger partial charge on any atom is -0.456 e. The first-order valence-electron chi connectivity index (χ1n) is 16.4. The first-order chi connectivity index (χ1) is 24.2. The standard InChI is InChI=1S/C45H27N3O/c1-3-10-29(11-4-1)43-46-44(30-12-5-2-6-13-30)48-45(47-43)37-16-9-14-33-24-31(22-23-35(33)37)32-20-18-28-19-21-34-26-42-40(27-39(34)38(28)25-32)36-15-7-8-17-41(36)49-42/h1-27H. The first-order valence-corrected chi connectivity index (χ1v) is 16.4. The highest BCUT2D eigenvalue weighted by Crippen LogP contribution is 2.37. The molecule has 0 aliphatic carbocycles. The lowest BCUT2D eigenvalue weighted by Gasteiger charge is -2.12.